The zero-order valence-electron chi connectivity index (χ0n) is 8.24. The van der Waals surface area contributed by atoms with Crippen LogP contribution in [-0.4, -0.2) is 16.9 Å². The summed E-state index contributed by atoms with van der Waals surface area (Å²) in [5, 5.41) is 9.25. The Morgan fingerprint density at radius 3 is 2.60 bits per heavy atom. The fourth-order valence-corrected chi connectivity index (χ4v) is 1.51. The first-order chi connectivity index (χ1) is 7.06. The van der Waals surface area contributed by atoms with Crippen LogP contribution in [0.15, 0.2) is 24.3 Å². The molecule has 15 heavy (non-hydrogen) atoms. The van der Waals surface area contributed by atoms with Crippen molar-refractivity contribution in [1.29, 1.82) is 0 Å². The third-order valence-electron chi connectivity index (χ3n) is 2.13. The van der Waals surface area contributed by atoms with Crippen molar-refractivity contribution in [2.75, 3.05) is 0 Å². The second kappa shape index (κ2) is 4.94. The van der Waals surface area contributed by atoms with E-state index in [1.165, 1.54) is 6.07 Å². The van der Waals surface area contributed by atoms with E-state index in [0.717, 1.165) is 0 Å². The molecule has 4 heteroatoms. The number of aliphatic carboxylic acids is 1. The van der Waals surface area contributed by atoms with Crippen LogP contribution in [0.1, 0.15) is 23.7 Å². The van der Waals surface area contributed by atoms with Gasteiger partial charge in [-0.2, -0.15) is 0 Å². The van der Waals surface area contributed by atoms with Crippen LogP contribution in [0.2, 0.25) is 5.02 Å². The number of hydrogen-bond acceptors (Lipinski definition) is 2. The van der Waals surface area contributed by atoms with E-state index < -0.39 is 17.7 Å². The Kier molecular flexibility index (Phi) is 3.86. The SMILES string of the molecule is CCC(C(=O)O)C(=O)c1cccc(Cl)c1. The van der Waals surface area contributed by atoms with E-state index in [1.54, 1.807) is 25.1 Å². The molecule has 0 radical (unpaired) electrons. The van der Waals surface area contributed by atoms with E-state index in [1.807, 2.05) is 0 Å². The Morgan fingerprint density at radius 2 is 2.13 bits per heavy atom. The van der Waals surface area contributed by atoms with E-state index >= 15 is 0 Å². The van der Waals surface area contributed by atoms with Gasteiger partial charge >= 0.3 is 5.97 Å². The van der Waals surface area contributed by atoms with Crippen LogP contribution in [0.25, 0.3) is 0 Å². The molecule has 0 saturated heterocycles. The monoisotopic (exact) mass is 226 g/mol. The van der Waals surface area contributed by atoms with Crippen LogP contribution in [-0.2, 0) is 4.79 Å². The van der Waals surface area contributed by atoms with Crippen molar-refractivity contribution >= 4 is 23.4 Å². The number of ketones is 1. The molecule has 1 atom stereocenters. The van der Waals surface area contributed by atoms with Gasteiger partial charge in [-0.05, 0) is 18.6 Å². The van der Waals surface area contributed by atoms with Crippen molar-refractivity contribution in [2.45, 2.75) is 13.3 Å². The van der Waals surface area contributed by atoms with Crippen LogP contribution in [0, 0.1) is 5.92 Å². The Morgan fingerprint density at radius 1 is 1.47 bits per heavy atom. The fourth-order valence-electron chi connectivity index (χ4n) is 1.32. The molecule has 0 heterocycles. The maximum Gasteiger partial charge on any atom is 0.314 e. The minimum atomic E-state index is -1.09. The molecule has 0 amide bonds. The molecule has 80 valence electrons. The van der Waals surface area contributed by atoms with Gasteiger partial charge in [0.1, 0.15) is 5.92 Å². The Labute approximate surface area is 92.7 Å². The third-order valence-corrected chi connectivity index (χ3v) is 2.37. The highest BCUT2D eigenvalue weighted by Gasteiger charge is 2.25. The van der Waals surface area contributed by atoms with Gasteiger partial charge in [0.15, 0.2) is 5.78 Å². The van der Waals surface area contributed by atoms with E-state index in [2.05, 4.69) is 0 Å². The van der Waals surface area contributed by atoms with Gasteiger partial charge in [0.2, 0.25) is 0 Å². The van der Waals surface area contributed by atoms with Gasteiger partial charge in [0.25, 0.3) is 0 Å². The molecule has 0 aromatic heterocycles. The largest absolute Gasteiger partial charge is 0.481 e. The van der Waals surface area contributed by atoms with Gasteiger partial charge in [0, 0.05) is 10.6 Å². The average molecular weight is 227 g/mol. The van der Waals surface area contributed by atoms with Gasteiger partial charge in [-0.3, -0.25) is 9.59 Å². The summed E-state index contributed by atoms with van der Waals surface area (Å²) in [6.45, 7) is 1.67. The molecular formula is C11H11ClO3. The van der Waals surface area contributed by atoms with E-state index in [4.69, 9.17) is 16.7 Å². The molecule has 1 rings (SSSR count). The minimum Gasteiger partial charge on any atom is -0.481 e. The first-order valence-electron chi connectivity index (χ1n) is 4.58. The molecule has 1 N–H and O–H groups in total. The van der Waals surface area contributed by atoms with Crippen LogP contribution in [0.5, 0.6) is 0 Å². The number of carbonyl (C=O) groups excluding carboxylic acids is 1. The van der Waals surface area contributed by atoms with Gasteiger partial charge in [0.05, 0.1) is 0 Å². The average Bonchev–Trinajstić information content (AvgIpc) is 2.18. The summed E-state index contributed by atoms with van der Waals surface area (Å²) >= 11 is 5.72. The molecule has 0 aliphatic rings. The molecule has 3 nitrogen and oxygen atoms in total. The van der Waals surface area contributed by atoms with Gasteiger partial charge in [-0.15, -0.1) is 0 Å². The molecule has 0 saturated carbocycles. The second-order valence-corrected chi connectivity index (χ2v) is 3.61. The maximum absolute atomic E-state index is 11.7. The number of hydrogen-bond donors (Lipinski definition) is 1. The number of carboxylic acid groups (broad SMARTS) is 1. The highest BCUT2D eigenvalue weighted by Crippen LogP contribution is 2.16. The Hall–Kier alpha value is -1.35. The van der Waals surface area contributed by atoms with E-state index in [-0.39, 0.29) is 6.42 Å². The summed E-state index contributed by atoms with van der Waals surface area (Å²) in [5.74, 6) is -2.47. The predicted octanol–water partition coefficient (Wildman–Crippen LogP) is 2.63. The van der Waals surface area contributed by atoms with Crippen LogP contribution in [0.3, 0.4) is 0 Å². The summed E-state index contributed by atoms with van der Waals surface area (Å²) in [6, 6.07) is 6.32. The molecule has 0 aliphatic heterocycles. The van der Waals surface area contributed by atoms with Crippen LogP contribution in [0.4, 0.5) is 0 Å². The van der Waals surface area contributed by atoms with E-state index in [9.17, 15) is 9.59 Å². The summed E-state index contributed by atoms with van der Waals surface area (Å²) in [7, 11) is 0. The number of benzene rings is 1. The zero-order chi connectivity index (χ0) is 11.4. The molecule has 0 spiro atoms. The number of rotatable bonds is 4. The lowest BCUT2D eigenvalue weighted by Gasteiger charge is -2.08. The normalized spacial score (nSPS) is 12.1. The first-order valence-corrected chi connectivity index (χ1v) is 4.96. The first kappa shape index (κ1) is 11.7. The quantitative estimate of drug-likeness (QED) is 0.634. The van der Waals surface area contributed by atoms with Gasteiger partial charge < -0.3 is 5.11 Å². The summed E-state index contributed by atoms with van der Waals surface area (Å²) < 4.78 is 0. The molecule has 1 unspecified atom stereocenters. The second-order valence-electron chi connectivity index (χ2n) is 3.17. The van der Waals surface area contributed by atoms with Crippen molar-refractivity contribution in [1.82, 2.24) is 0 Å². The number of carboxylic acids is 1. The Bertz CT molecular complexity index is 387. The lowest BCUT2D eigenvalue weighted by atomic mass is 9.95. The van der Waals surface area contributed by atoms with Gasteiger partial charge in [-0.1, -0.05) is 30.7 Å². The zero-order valence-corrected chi connectivity index (χ0v) is 8.99. The summed E-state index contributed by atoms with van der Waals surface area (Å²) in [5.41, 5.74) is 0.344. The third kappa shape index (κ3) is 2.80. The highest BCUT2D eigenvalue weighted by atomic mass is 35.5. The predicted molar refractivity (Wildman–Crippen MR) is 57.2 cm³/mol. The Balaban J connectivity index is 2.98. The molecule has 0 fully saturated rings. The number of halogens is 1. The topological polar surface area (TPSA) is 54.4 Å². The fraction of sp³-hybridized carbons (Fsp3) is 0.273. The molecule has 0 aliphatic carbocycles. The van der Waals surface area contributed by atoms with Crippen molar-refractivity contribution in [3.63, 3.8) is 0 Å². The van der Waals surface area contributed by atoms with E-state index in [0.29, 0.717) is 10.6 Å². The van der Waals surface area contributed by atoms with Crippen molar-refractivity contribution < 1.29 is 14.7 Å². The maximum atomic E-state index is 11.7. The molecular weight excluding hydrogens is 216 g/mol. The summed E-state index contributed by atoms with van der Waals surface area (Å²) in [6.07, 6.45) is 0.278. The molecule has 1 aromatic rings. The standard InChI is InChI=1S/C11H11ClO3/c1-2-9(11(14)15)10(13)7-4-3-5-8(12)6-7/h3-6,9H,2H2,1H3,(H,14,15). The lowest BCUT2D eigenvalue weighted by molar-refractivity contribution is -0.140. The lowest BCUT2D eigenvalue weighted by Crippen LogP contribution is -2.23. The smallest absolute Gasteiger partial charge is 0.314 e. The van der Waals surface area contributed by atoms with Crippen molar-refractivity contribution in [3.8, 4) is 0 Å². The summed E-state index contributed by atoms with van der Waals surface area (Å²) in [4.78, 5) is 22.5. The minimum absolute atomic E-state index is 0.278. The van der Waals surface area contributed by atoms with Gasteiger partial charge in [-0.25, -0.2) is 0 Å². The van der Waals surface area contributed by atoms with Crippen LogP contribution >= 0.6 is 11.6 Å². The number of carbonyl (C=O) groups is 2. The molecule has 1 aromatic carbocycles. The molecule has 0 bridgehead atoms. The van der Waals surface area contributed by atoms with Crippen molar-refractivity contribution in [3.05, 3.63) is 34.9 Å². The number of Topliss-reactive ketones (excluding diaryl/α,β-unsaturated/α-hetero) is 1. The highest BCUT2D eigenvalue weighted by molar-refractivity contribution is 6.31. The van der Waals surface area contributed by atoms with Crippen molar-refractivity contribution in [2.24, 2.45) is 5.92 Å². The van der Waals surface area contributed by atoms with Crippen LogP contribution < -0.4 is 0 Å².